The Labute approximate surface area is 106 Å². The first-order valence-corrected chi connectivity index (χ1v) is 6.14. The minimum absolute atomic E-state index is 0.0676. The van der Waals surface area contributed by atoms with Crippen molar-refractivity contribution in [2.45, 2.75) is 33.6 Å². The van der Waals surface area contributed by atoms with Crippen LogP contribution in [0, 0.1) is 11.3 Å². The van der Waals surface area contributed by atoms with Crippen LogP contribution in [0.1, 0.15) is 33.0 Å². The fourth-order valence-corrected chi connectivity index (χ4v) is 2.15. The third-order valence-corrected chi connectivity index (χ3v) is 3.86. The molecule has 1 unspecified atom stereocenters. The van der Waals surface area contributed by atoms with Crippen LogP contribution in [0.5, 0.6) is 0 Å². The molecular formula is C12H18N4O2. The van der Waals surface area contributed by atoms with Crippen molar-refractivity contribution in [3.05, 3.63) is 12.2 Å². The molecule has 1 N–H and O–H groups in total. The summed E-state index contributed by atoms with van der Waals surface area (Å²) in [7, 11) is 0. The Kier molecular flexibility index (Phi) is 3.19. The number of H-pyrrole nitrogens is 1. The van der Waals surface area contributed by atoms with E-state index in [4.69, 9.17) is 0 Å². The van der Waals surface area contributed by atoms with E-state index in [2.05, 4.69) is 15.2 Å². The summed E-state index contributed by atoms with van der Waals surface area (Å²) in [6, 6.07) is 0. The zero-order chi connectivity index (χ0) is 13.3. The molecule has 1 atom stereocenters. The van der Waals surface area contributed by atoms with Crippen LogP contribution >= 0.6 is 0 Å². The maximum absolute atomic E-state index is 12.3. The van der Waals surface area contributed by atoms with Gasteiger partial charge in [-0.3, -0.25) is 19.6 Å². The number of aromatic nitrogens is 3. The summed E-state index contributed by atoms with van der Waals surface area (Å²) in [5.74, 6) is 0.690. The molecule has 2 amide bonds. The highest BCUT2D eigenvalue weighted by molar-refractivity contribution is 6.05. The molecule has 0 aromatic carbocycles. The van der Waals surface area contributed by atoms with Gasteiger partial charge in [-0.05, 0) is 12.8 Å². The lowest BCUT2D eigenvalue weighted by Gasteiger charge is -2.25. The van der Waals surface area contributed by atoms with Gasteiger partial charge in [0.15, 0.2) is 0 Å². The second-order valence-corrected chi connectivity index (χ2v) is 5.28. The Bertz CT molecular complexity index is 455. The third kappa shape index (κ3) is 2.02. The molecule has 6 nitrogen and oxygen atoms in total. The fourth-order valence-electron chi connectivity index (χ4n) is 2.15. The van der Waals surface area contributed by atoms with E-state index in [1.807, 2.05) is 20.8 Å². The first kappa shape index (κ1) is 12.7. The van der Waals surface area contributed by atoms with Crippen LogP contribution in [-0.4, -0.2) is 38.4 Å². The minimum atomic E-state index is -0.557. The van der Waals surface area contributed by atoms with Crippen LogP contribution in [0.2, 0.25) is 0 Å². The molecule has 2 rings (SSSR count). The molecule has 0 bridgehead atoms. The van der Waals surface area contributed by atoms with E-state index in [9.17, 15) is 9.59 Å². The molecule has 1 fully saturated rings. The van der Waals surface area contributed by atoms with E-state index >= 15 is 0 Å². The van der Waals surface area contributed by atoms with E-state index in [1.54, 1.807) is 0 Å². The highest BCUT2D eigenvalue weighted by Crippen LogP contribution is 2.39. The fraction of sp³-hybridized carbons (Fsp3) is 0.667. The van der Waals surface area contributed by atoms with Gasteiger partial charge in [0.1, 0.15) is 12.2 Å². The van der Waals surface area contributed by atoms with E-state index in [0.29, 0.717) is 25.2 Å². The Morgan fingerprint density at radius 1 is 1.50 bits per heavy atom. The van der Waals surface area contributed by atoms with Gasteiger partial charge in [-0.25, -0.2) is 4.98 Å². The summed E-state index contributed by atoms with van der Waals surface area (Å²) in [6.45, 7) is 6.19. The zero-order valence-electron chi connectivity index (χ0n) is 10.9. The lowest BCUT2D eigenvalue weighted by atomic mass is 9.78. The van der Waals surface area contributed by atoms with Gasteiger partial charge in [0.25, 0.3) is 0 Å². The number of amides is 2. The van der Waals surface area contributed by atoms with E-state index in [-0.39, 0.29) is 17.7 Å². The molecule has 1 aliphatic rings. The summed E-state index contributed by atoms with van der Waals surface area (Å²) in [4.78, 5) is 29.6. The predicted octanol–water partition coefficient (Wildman–Crippen LogP) is 0.768. The SMILES string of the molecule is CC(C)C1(C)CC(=O)N(CCc2ncn[nH]2)C1=O. The number of carbonyl (C=O) groups excluding carboxylic acids is 2. The summed E-state index contributed by atoms with van der Waals surface area (Å²) in [5.41, 5.74) is -0.557. The quantitative estimate of drug-likeness (QED) is 0.800. The Hall–Kier alpha value is -1.72. The van der Waals surface area contributed by atoms with Gasteiger partial charge in [0.2, 0.25) is 11.8 Å². The number of imide groups is 1. The van der Waals surface area contributed by atoms with Gasteiger partial charge in [-0.2, -0.15) is 5.10 Å². The van der Waals surface area contributed by atoms with Crippen LogP contribution < -0.4 is 0 Å². The van der Waals surface area contributed by atoms with Crippen molar-refractivity contribution in [1.29, 1.82) is 0 Å². The summed E-state index contributed by atoms with van der Waals surface area (Å²) in [6.07, 6.45) is 2.24. The number of hydrogen-bond acceptors (Lipinski definition) is 4. The number of nitrogens with one attached hydrogen (secondary N) is 1. The van der Waals surface area contributed by atoms with Crippen LogP contribution in [0.15, 0.2) is 6.33 Å². The first-order chi connectivity index (χ1) is 8.45. The molecular weight excluding hydrogens is 232 g/mol. The maximum Gasteiger partial charge on any atom is 0.235 e. The van der Waals surface area contributed by atoms with Gasteiger partial charge < -0.3 is 0 Å². The van der Waals surface area contributed by atoms with Gasteiger partial charge in [-0.1, -0.05) is 13.8 Å². The minimum Gasteiger partial charge on any atom is -0.282 e. The highest BCUT2D eigenvalue weighted by atomic mass is 16.2. The Balaban J connectivity index is 2.06. The number of likely N-dealkylation sites (tertiary alicyclic amines) is 1. The van der Waals surface area contributed by atoms with Crippen molar-refractivity contribution in [2.24, 2.45) is 11.3 Å². The standard InChI is InChI=1S/C12H18N4O2/c1-8(2)12(3)6-10(17)16(11(12)18)5-4-9-13-7-14-15-9/h7-8H,4-6H2,1-3H3,(H,13,14,15). The van der Waals surface area contributed by atoms with E-state index < -0.39 is 5.41 Å². The van der Waals surface area contributed by atoms with Crippen molar-refractivity contribution in [3.8, 4) is 0 Å². The smallest absolute Gasteiger partial charge is 0.235 e. The molecule has 6 heteroatoms. The third-order valence-electron chi connectivity index (χ3n) is 3.86. The normalized spacial score (nSPS) is 24.3. The first-order valence-electron chi connectivity index (χ1n) is 6.14. The number of rotatable bonds is 4. The largest absolute Gasteiger partial charge is 0.282 e. The molecule has 0 aliphatic carbocycles. The lowest BCUT2D eigenvalue weighted by molar-refractivity contribution is -0.142. The summed E-state index contributed by atoms with van der Waals surface area (Å²) < 4.78 is 0. The Morgan fingerprint density at radius 2 is 2.22 bits per heavy atom. The number of hydrogen-bond donors (Lipinski definition) is 1. The van der Waals surface area contributed by atoms with E-state index in [1.165, 1.54) is 11.2 Å². The van der Waals surface area contributed by atoms with Crippen molar-refractivity contribution in [1.82, 2.24) is 20.1 Å². The maximum atomic E-state index is 12.3. The van der Waals surface area contributed by atoms with Crippen molar-refractivity contribution in [2.75, 3.05) is 6.54 Å². The molecule has 1 aromatic heterocycles. The molecule has 1 aromatic rings. The summed E-state index contributed by atoms with van der Waals surface area (Å²) in [5, 5.41) is 6.46. The second-order valence-electron chi connectivity index (χ2n) is 5.28. The van der Waals surface area contributed by atoms with Gasteiger partial charge >= 0.3 is 0 Å². The van der Waals surface area contributed by atoms with Crippen LogP contribution in [0.25, 0.3) is 0 Å². The number of nitrogens with zero attached hydrogens (tertiary/aromatic N) is 3. The molecule has 0 radical (unpaired) electrons. The van der Waals surface area contributed by atoms with Crippen LogP contribution in [0.4, 0.5) is 0 Å². The van der Waals surface area contributed by atoms with E-state index in [0.717, 1.165) is 0 Å². The van der Waals surface area contributed by atoms with Gasteiger partial charge in [0.05, 0.1) is 5.41 Å². The van der Waals surface area contributed by atoms with Crippen LogP contribution in [-0.2, 0) is 16.0 Å². The molecule has 98 valence electrons. The Morgan fingerprint density at radius 3 is 2.72 bits per heavy atom. The molecule has 0 spiro atoms. The molecule has 2 heterocycles. The van der Waals surface area contributed by atoms with Crippen molar-refractivity contribution < 1.29 is 9.59 Å². The van der Waals surface area contributed by atoms with Gasteiger partial charge in [-0.15, -0.1) is 0 Å². The second kappa shape index (κ2) is 4.51. The molecule has 1 saturated heterocycles. The lowest BCUT2D eigenvalue weighted by Crippen LogP contribution is -2.38. The number of carbonyl (C=O) groups is 2. The van der Waals surface area contributed by atoms with Crippen molar-refractivity contribution in [3.63, 3.8) is 0 Å². The monoisotopic (exact) mass is 250 g/mol. The van der Waals surface area contributed by atoms with Crippen molar-refractivity contribution >= 4 is 11.8 Å². The molecule has 0 saturated carbocycles. The molecule has 18 heavy (non-hydrogen) atoms. The summed E-state index contributed by atoms with van der Waals surface area (Å²) >= 11 is 0. The van der Waals surface area contributed by atoms with Crippen LogP contribution in [0.3, 0.4) is 0 Å². The zero-order valence-corrected chi connectivity index (χ0v) is 10.9. The predicted molar refractivity (Wildman–Crippen MR) is 64.4 cm³/mol. The molecule has 1 aliphatic heterocycles. The highest BCUT2D eigenvalue weighted by Gasteiger charge is 2.49. The van der Waals surface area contributed by atoms with Gasteiger partial charge in [0, 0.05) is 19.4 Å². The number of aromatic amines is 1. The average Bonchev–Trinajstić information content (AvgIpc) is 2.87. The topological polar surface area (TPSA) is 79.0 Å². The average molecular weight is 250 g/mol.